The van der Waals surface area contributed by atoms with Crippen LogP contribution in [0.4, 0.5) is 24.5 Å². The summed E-state index contributed by atoms with van der Waals surface area (Å²) in [4.78, 5) is 8.90. The predicted molar refractivity (Wildman–Crippen MR) is 115 cm³/mol. The molecule has 1 aliphatic heterocycles. The van der Waals surface area contributed by atoms with E-state index in [4.69, 9.17) is 9.90 Å². The lowest BCUT2D eigenvalue weighted by atomic mass is 9.53. The van der Waals surface area contributed by atoms with Crippen molar-refractivity contribution in [3.63, 3.8) is 0 Å². The summed E-state index contributed by atoms with van der Waals surface area (Å²) in [5, 5.41) is 25.0. The van der Waals surface area contributed by atoms with Gasteiger partial charge in [0.1, 0.15) is 5.75 Å². The Morgan fingerprint density at radius 2 is 1.84 bits per heavy atom. The number of anilines is 2. The van der Waals surface area contributed by atoms with Crippen LogP contribution in [-0.4, -0.2) is 34.9 Å². The molecule has 0 aromatic heterocycles. The Bertz CT molecular complexity index is 976. The number of nitrogens with one attached hydrogen (secondary N) is 2. The Kier molecular flexibility index (Phi) is 6.07. The molecule has 8 heteroatoms. The van der Waals surface area contributed by atoms with Crippen molar-refractivity contribution in [2.75, 3.05) is 11.9 Å². The molecule has 0 unspecified atom stereocenters. The summed E-state index contributed by atoms with van der Waals surface area (Å²) in [6.45, 7) is 1.12. The van der Waals surface area contributed by atoms with E-state index in [1.807, 2.05) is 30.3 Å². The summed E-state index contributed by atoms with van der Waals surface area (Å²) in [5.74, 6) is -1.62. The van der Waals surface area contributed by atoms with Crippen LogP contribution in [0.25, 0.3) is 0 Å². The van der Waals surface area contributed by atoms with Crippen LogP contribution in [0.15, 0.2) is 42.5 Å². The van der Waals surface area contributed by atoms with Crippen molar-refractivity contribution in [2.45, 2.75) is 56.2 Å². The molecule has 1 heterocycles. The first kappa shape index (κ1) is 22.5. The molecule has 172 valence electrons. The second-order valence-corrected chi connectivity index (χ2v) is 8.84. The van der Waals surface area contributed by atoms with E-state index in [9.17, 15) is 18.3 Å². The van der Waals surface area contributed by atoms with E-state index in [2.05, 4.69) is 22.8 Å². The number of benzene rings is 2. The summed E-state index contributed by atoms with van der Waals surface area (Å²) in [5.41, 5.74) is 5.00. The van der Waals surface area contributed by atoms with Gasteiger partial charge in [0.15, 0.2) is 0 Å². The van der Waals surface area contributed by atoms with E-state index in [0.717, 1.165) is 30.3 Å². The highest BCUT2D eigenvalue weighted by molar-refractivity contribution is 5.73. The van der Waals surface area contributed by atoms with Crippen LogP contribution in [0, 0.1) is 5.92 Å². The standard InChI is InChI=1S/C22H26N2O.C2HF3O2/c25-21-14-18-15(13-20(21)24-16-6-2-1-3-7-16)12-19-17-8-4-5-9-22(17,18)10-11-23-19;3-2(4,5)1(6)7/h1-3,6-7,13-14,17,19,23-25H,4-5,8-12H2;(H,6,7)/t17-,19+,22+;/m1./s1. The van der Waals surface area contributed by atoms with Gasteiger partial charge in [-0.1, -0.05) is 31.0 Å². The van der Waals surface area contributed by atoms with E-state index >= 15 is 0 Å². The molecule has 1 saturated carbocycles. The van der Waals surface area contributed by atoms with Crippen LogP contribution >= 0.6 is 0 Å². The van der Waals surface area contributed by atoms with E-state index in [1.165, 1.54) is 43.2 Å². The van der Waals surface area contributed by atoms with Crippen LogP contribution in [-0.2, 0) is 16.6 Å². The zero-order valence-electron chi connectivity index (χ0n) is 17.6. The molecule has 2 aromatic carbocycles. The highest BCUT2D eigenvalue weighted by atomic mass is 19.4. The number of carbonyl (C=O) groups is 1. The van der Waals surface area contributed by atoms with Gasteiger partial charge in [-0.2, -0.15) is 13.2 Å². The maximum Gasteiger partial charge on any atom is 0.490 e. The van der Waals surface area contributed by atoms with Gasteiger partial charge in [-0.05, 0) is 73.5 Å². The average molecular weight is 448 g/mol. The number of phenols is 1. The number of carboxylic acid groups (broad SMARTS) is 1. The first-order chi connectivity index (χ1) is 15.2. The van der Waals surface area contributed by atoms with Crippen molar-refractivity contribution in [2.24, 2.45) is 5.92 Å². The summed E-state index contributed by atoms with van der Waals surface area (Å²) >= 11 is 0. The summed E-state index contributed by atoms with van der Waals surface area (Å²) in [6, 6.07) is 15.0. The minimum absolute atomic E-state index is 0.296. The number of phenolic OH excluding ortho intramolecular Hbond substituents is 1. The summed E-state index contributed by atoms with van der Waals surface area (Å²) in [7, 11) is 0. The zero-order valence-corrected chi connectivity index (χ0v) is 17.6. The van der Waals surface area contributed by atoms with Crippen LogP contribution in [0.3, 0.4) is 0 Å². The third-order valence-corrected chi connectivity index (χ3v) is 7.05. The van der Waals surface area contributed by atoms with Gasteiger partial charge in [0.25, 0.3) is 0 Å². The minimum Gasteiger partial charge on any atom is -0.506 e. The average Bonchev–Trinajstić information content (AvgIpc) is 2.76. The Morgan fingerprint density at radius 3 is 2.53 bits per heavy atom. The number of hydrogen-bond donors (Lipinski definition) is 4. The molecule has 3 atom stereocenters. The number of piperidine rings is 1. The van der Waals surface area contributed by atoms with Gasteiger partial charge >= 0.3 is 12.1 Å². The molecule has 32 heavy (non-hydrogen) atoms. The number of fused-ring (bicyclic) bond motifs is 1. The lowest BCUT2D eigenvalue weighted by Gasteiger charge is -2.56. The molecule has 2 aliphatic carbocycles. The molecule has 2 fully saturated rings. The first-order valence-electron chi connectivity index (χ1n) is 10.9. The zero-order chi connectivity index (χ0) is 22.9. The van der Waals surface area contributed by atoms with Gasteiger partial charge in [0, 0.05) is 17.1 Å². The fraction of sp³-hybridized carbons (Fsp3) is 0.458. The normalized spacial score (nSPS) is 26.1. The molecule has 2 aromatic rings. The third kappa shape index (κ3) is 4.28. The maximum atomic E-state index is 10.7. The number of rotatable bonds is 2. The quantitative estimate of drug-likeness (QED) is 0.480. The monoisotopic (exact) mass is 448 g/mol. The number of aromatic hydroxyl groups is 1. The van der Waals surface area contributed by atoms with Crippen molar-refractivity contribution in [3.8, 4) is 5.75 Å². The van der Waals surface area contributed by atoms with Gasteiger partial charge in [-0.15, -0.1) is 0 Å². The largest absolute Gasteiger partial charge is 0.506 e. The van der Waals surface area contributed by atoms with Gasteiger partial charge in [0.2, 0.25) is 0 Å². The molecule has 5 rings (SSSR count). The molecule has 0 radical (unpaired) electrons. The van der Waals surface area contributed by atoms with Crippen molar-refractivity contribution in [1.82, 2.24) is 5.32 Å². The van der Waals surface area contributed by atoms with E-state index in [-0.39, 0.29) is 0 Å². The number of carboxylic acids is 1. The molecule has 3 aliphatic rings. The maximum absolute atomic E-state index is 10.7. The lowest BCUT2D eigenvalue weighted by molar-refractivity contribution is -0.192. The first-order valence-corrected chi connectivity index (χ1v) is 10.9. The lowest BCUT2D eigenvalue weighted by Crippen LogP contribution is -2.59. The fourth-order valence-electron chi connectivity index (χ4n) is 5.75. The Morgan fingerprint density at radius 1 is 1.12 bits per heavy atom. The highest BCUT2D eigenvalue weighted by Crippen LogP contribution is 2.55. The topological polar surface area (TPSA) is 81.6 Å². The number of hydrogen-bond acceptors (Lipinski definition) is 4. The number of aliphatic carboxylic acids is 1. The minimum atomic E-state index is -5.08. The molecule has 5 nitrogen and oxygen atoms in total. The Hall–Kier alpha value is -2.74. The van der Waals surface area contributed by atoms with Crippen LogP contribution in [0.2, 0.25) is 0 Å². The molecule has 0 amide bonds. The fourth-order valence-corrected chi connectivity index (χ4v) is 5.75. The Labute approximate surface area is 184 Å². The van der Waals surface area contributed by atoms with Gasteiger partial charge in [0.05, 0.1) is 5.69 Å². The summed E-state index contributed by atoms with van der Waals surface area (Å²) < 4.78 is 31.7. The van der Waals surface area contributed by atoms with Crippen molar-refractivity contribution >= 4 is 17.3 Å². The molecular formula is C24H27F3N2O3. The van der Waals surface area contributed by atoms with Crippen LogP contribution in [0.5, 0.6) is 5.75 Å². The predicted octanol–water partition coefficient (Wildman–Crippen LogP) is 5.12. The number of halogens is 3. The number of para-hydroxylation sites is 1. The molecule has 2 bridgehead atoms. The van der Waals surface area contributed by atoms with Crippen LogP contribution < -0.4 is 10.6 Å². The highest BCUT2D eigenvalue weighted by Gasteiger charge is 2.51. The second-order valence-electron chi connectivity index (χ2n) is 8.84. The van der Waals surface area contributed by atoms with E-state index < -0.39 is 12.1 Å². The van der Waals surface area contributed by atoms with E-state index in [1.54, 1.807) is 0 Å². The Balaban J connectivity index is 0.000000307. The van der Waals surface area contributed by atoms with Gasteiger partial charge in [-0.25, -0.2) is 4.79 Å². The summed E-state index contributed by atoms with van der Waals surface area (Å²) in [6.07, 6.45) is 2.53. The number of alkyl halides is 3. The SMILES string of the molecule is O=C(O)C(F)(F)F.Oc1cc2c(cc1Nc1ccccc1)C[C@@H]1NCC[C@]23CCCC[C@H]13. The van der Waals surface area contributed by atoms with E-state index in [0.29, 0.717) is 17.2 Å². The van der Waals surface area contributed by atoms with Gasteiger partial charge < -0.3 is 20.8 Å². The second kappa shape index (κ2) is 8.65. The molecular weight excluding hydrogens is 421 g/mol. The molecule has 1 saturated heterocycles. The van der Waals surface area contributed by atoms with Crippen molar-refractivity contribution in [3.05, 3.63) is 53.6 Å². The third-order valence-electron chi connectivity index (χ3n) is 7.05. The molecule has 0 spiro atoms. The molecule has 4 N–H and O–H groups in total. The van der Waals surface area contributed by atoms with Gasteiger partial charge in [-0.3, -0.25) is 0 Å². The smallest absolute Gasteiger partial charge is 0.490 e. The van der Waals surface area contributed by atoms with Crippen LogP contribution in [0.1, 0.15) is 43.2 Å². The van der Waals surface area contributed by atoms with Crippen molar-refractivity contribution < 1.29 is 28.2 Å². The van der Waals surface area contributed by atoms with Crippen molar-refractivity contribution in [1.29, 1.82) is 0 Å².